The van der Waals surface area contributed by atoms with Gasteiger partial charge in [0.2, 0.25) is 0 Å². The number of carbonyl (C=O) groups excluding carboxylic acids is 1. The largest absolute Gasteiger partial charge is 0.444 e. The zero-order valence-electron chi connectivity index (χ0n) is 16.5. The summed E-state index contributed by atoms with van der Waals surface area (Å²) in [6.45, 7) is 11.1. The van der Waals surface area contributed by atoms with E-state index < -0.39 is 5.60 Å². The number of halogens is 2. The van der Waals surface area contributed by atoms with Gasteiger partial charge in [-0.2, -0.15) is 0 Å². The van der Waals surface area contributed by atoms with Crippen LogP contribution in [0.2, 0.25) is 5.02 Å². The van der Waals surface area contributed by atoms with Gasteiger partial charge in [0.25, 0.3) is 0 Å². The van der Waals surface area contributed by atoms with E-state index in [-0.39, 0.29) is 24.0 Å². The predicted molar refractivity (Wildman–Crippen MR) is 105 cm³/mol. The van der Waals surface area contributed by atoms with Crippen LogP contribution in [0.5, 0.6) is 0 Å². The Bertz CT molecular complexity index is 699. The second-order valence-corrected chi connectivity index (χ2v) is 8.80. The molecule has 0 aliphatic carbocycles. The Labute approximate surface area is 165 Å². The highest BCUT2D eigenvalue weighted by atomic mass is 35.5. The molecule has 1 amide bonds. The summed E-state index contributed by atoms with van der Waals surface area (Å²) in [6, 6.07) is 3.25. The van der Waals surface area contributed by atoms with E-state index in [1.165, 1.54) is 6.07 Å². The Kier molecular flexibility index (Phi) is 5.99. The van der Waals surface area contributed by atoms with Crippen LogP contribution in [-0.4, -0.2) is 60.3 Å². The molecule has 1 N–H and O–H groups in total. The van der Waals surface area contributed by atoms with Crippen molar-refractivity contribution < 1.29 is 13.9 Å². The number of benzene rings is 1. The number of hydrogen-bond acceptors (Lipinski definition) is 4. The summed E-state index contributed by atoms with van der Waals surface area (Å²) >= 11 is 6.48. The topological polar surface area (TPSA) is 44.8 Å². The van der Waals surface area contributed by atoms with Crippen molar-refractivity contribution in [2.45, 2.75) is 51.8 Å². The van der Waals surface area contributed by atoms with Gasteiger partial charge in [-0.05, 0) is 63.9 Å². The summed E-state index contributed by atoms with van der Waals surface area (Å²) in [4.78, 5) is 16.4. The molecule has 2 aliphatic rings. The van der Waals surface area contributed by atoms with Gasteiger partial charge in [-0.1, -0.05) is 11.6 Å². The van der Waals surface area contributed by atoms with Crippen LogP contribution in [0.3, 0.4) is 0 Å². The summed E-state index contributed by atoms with van der Waals surface area (Å²) < 4.78 is 19.4. The molecule has 0 radical (unpaired) electrons. The highest BCUT2D eigenvalue weighted by Crippen LogP contribution is 2.35. The molecule has 2 heterocycles. The monoisotopic (exact) mass is 397 g/mol. The molecule has 0 aromatic heterocycles. The molecule has 0 spiro atoms. The molecule has 0 saturated carbocycles. The lowest BCUT2D eigenvalue weighted by Crippen LogP contribution is -2.53. The van der Waals surface area contributed by atoms with Crippen LogP contribution in [0, 0.1) is 12.7 Å². The second-order valence-electron chi connectivity index (χ2n) is 8.42. The first-order chi connectivity index (χ1) is 12.7. The van der Waals surface area contributed by atoms with Gasteiger partial charge in [0.15, 0.2) is 0 Å². The predicted octanol–water partition coefficient (Wildman–Crippen LogP) is 3.74. The van der Waals surface area contributed by atoms with Crippen molar-refractivity contribution in [2.24, 2.45) is 0 Å². The fourth-order valence-corrected chi connectivity index (χ4v) is 4.17. The summed E-state index contributed by atoms with van der Waals surface area (Å²) in [6.07, 6.45) is 0.718. The number of nitrogens with one attached hydrogen (secondary N) is 1. The second kappa shape index (κ2) is 7.94. The highest BCUT2D eigenvalue weighted by molar-refractivity contribution is 6.32. The van der Waals surface area contributed by atoms with Gasteiger partial charge in [-0.3, -0.25) is 4.90 Å². The summed E-state index contributed by atoms with van der Waals surface area (Å²) in [5, 5.41) is 4.12. The molecule has 1 aromatic rings. The minimum atomic E-state index is -0.485. The molecule has 2 aliphatic heterocycles. The highest BCUT2D eigenvalue weighted by Gasteiger charge is 2.37. The first-order valence-corrected chi connectivity index (χ1v) is 9.94. The molecule has 2 saturated heterocycles. The van der Waals surface area contributed by atoms with E-state index in [0.29, 0.717) is 18.1 Å². The molecule has 2 atom stereocenters. The van der Waals surface area contributed by atoms with Gasteiger partial charge in [0.05, 0.1) is 0 Å². The lowest BCUT2D eigenvalue weighted by atomic mass is 9.97. The Morgan fingerprint density at radius 3 is 2.56 bits per heavy atom. The molecular weight excluding hydrogens is 369 g/mol. The SMILES string of the molecule is Cc1cc(F)cc([C@H]2NCC[C@H]2N2CCN(C(=O)OC(C)(C)C)CC2)c1Cl. The molecule has 3 rings (SSSR count). The van der Waals surface area contributed by atoms with Crippen molar-refractivity contribution >= 4 is 17.7 Å². The molecular formula is C20H29ClFN3O2. The number of hydrogen-bond donors (Lipinski definition) is 1. The average molecular weight is 398 g/mol. The minimum Gasteiger partial charge on any atom is -0.444 e. The van der Waals surface area contributed by atoms with E-state index in [4.69, 9.17) is 16.3 Å². The van der Waals surface area contributed by atoms with E-state index >= 15 is 0 Å². The van der Waals surface area contributed by atoms with Crippen LogP contribution in [0.15, 0.2) is 12.1 Å². The molecule has 2 fully saturated rings. The van der Waals surface area contributed by atoms with Crippen LogP contribution in [0.4, 0.5) is 9.18 Å². The maximum atomic E-state index is 13.9. The van der Waals surface area contributed by atoms with E-state index in [9.17, 15) is 9.18 Å². The third-order valence-electron chi connectivity index (χ3n) is 5.21. The molecule has 0 bridgehead atoms. The van der Waals surface area contributed by atoms with Crippen LogP contribution < -0.4 is 5.32 Å². The van der Waals surface area contributed by atoms with Gasteiger partial charge >= 0.3 is 6.09 Å². The van der Waals surface area contributed by atoms with Crippen molar-refractivity contribution in [3.63, 3.8) is 0 Å². The maximum Gasteiger partial charge on any atom is 0.410 e. The summed E-state index contributed by atoms with van der Waals surface area (Å²) in [5.41, 5.74) is 1.10. The number of nitrogens with zero attached hydrogens (tertiary/aromatic N) is 2. The number of carbonyl (C=O) groups is 1. The van der Waals surface area contributed by atoms with Gasteiger partial charge in [-0.15, -0.1) is 0 Å². The van der Waals surface area contributed by atoms with Crippen molar-refractivity contribution in [1.82, 2.24) is 15.1 Å². The normalized spacial score (nSPS) is 24.3. The Morgan fingerprint density at radius 1 is 1.26 bits per heavy atom. The van der Waals surface area contributed by atoms with E-state index in [1.807, 2.05) is 27.7 Å². The molecule has 150 valence electrons. The van der Waals surface area contributed by atoms with E-state index in [2.05, 4.69) is 10.2 Å². The molecule has 1 aromatic carbocycles. The van der Waals surface area contributed by atoms with Gasteiger partial charge < -0.3 is 15.0 Å². The summed E-state index contributed by atoms with van der Waals surface area (Å²) in [5.74, 6) is -0.255. The lowest BCUT2D eigenvalue weighted by Gasteiger charge is -2.40. The first-order valence-electron chi connectivity index (χ1n) is 9.56. The Hall–Kier alpha value is -1.37. The first kappa shape index (κ1) is 20.4. The smallest absolute Gasteiger partial charge is 0.410 e. The maximum absolute atomic E-state index is 13.9. The Morgan fingerprint density at radius 2 is 1.93 bits per heavy atom. The van der Waals surface area contributed by atoms with Crippen LogP contribution in [0.25, 0.3) is 0 Å². The van der Waals surface area contributed by atoms with Crippen molar-refractivity contribution in [3.8, 4) is 0 Å². The van der Waals surface area contributed by atoms with E-state index in [0.717, 1.165) is 37.2 Å². The van der Waals surface area contributed by atoms with Crippen molar-refractivity contribution in [3.05, 3.63) is 34.1 Å². The van der Waals surface area contributed by atoms with Crippen molar-refractivity contribution in [1.29, 1.82) is 0 Å². The van der Waals surface area contributed by atoms with Crippen molar-refractivity contribution in [2.75, 3.05) is 32.7 Å². The van der Waals surface area contributed by atoms with Gasteiger partial charge in [0, 0.05) is 43.3 Å². The van der Waals surface area contributed by atoms with Crippen LogP contribution in [0.1, 0.15) is 44.4 Å². The summed E-state index contributed by atoms with van der Waals surface area (Å²) in [7, 11) is 0. The van der Waals surface area contributed by atoms with E-state index in [1.54, 1.807) is 11.0 Å². The molecule has 27 heavy (non-hydrogen) atoms. The third-order valence-corrected chi connectivity index (χ3v) is 5.72. The number of amides is 1. The lowest BCUT2D eigenvalue weighted by molar-refractivity contribution is 0.00964. The fourth-order valence-electron chi connectivity index (χ4n) is 3.94. The van der Waals surface area contributed by atoms with Gasteiger partial charge in [0.1, 0.15) is 11.4 Å². The van der Waals surface area contributed by atoms with Crippen LogP contribution in [-0.2, 0) is 4.74 Å². The molecule has 5 nitrogen and oxygen atoms in total. The number of ether oxygens (including phenoxy) is 1. The Balaban J connectivity index is 1.67. The zero-order valence-corrected chi connectivity index (χ0v) is 17.3. The minimum absolute atomic E-state index is 0.0000216. The number of piperazine rings is 1. The molecule has 7 heteroatoms. The quantitative estimate of drug-likeness (QED) is 0.825. The van der Waals surface area contributed by atoms with Crippen LogP contribution >= 0.6 is 11.6 Å². The zero-order chi connectivity index (χ0) is 19.8. The number of rotatable bonds is 2. The third kappa shape index (κ3) is 4.73. The number of aryl methyl sites for hydroxylation is 1. The standard InChI is InChI=1S/C20H29ClFN3O2/c1-13-11-14(22)12-15(17(13)21)18-16(5-6-23-18)24-7-9-25(10-8-24)19(26)27-20(2,3)4/h11-12,16,18,23H,5-10H2,1-4H3/t16-,18-/m1/s1. The van der Waals surface area contributed by atoms with Gasteiger partial charge in [-0.25, -0.2) is 9.18 Å². The fraction of sp³-hybridized carbons (Fsp3) is 0.650. The average Bonchev–Trinajstić information content (AvgIpc) is 3.06. The molecule has 0 unspecified atom stereocenters.